The van der Waals surface area contributed by atoms with E-state index in [-0.39, 0.29) is 12.5 Å². The Kier molecular flexibility index (Phi) is 5.44. The fourth-order valence-electron chi connectivity index (χ4n) is 2.34. The Morgan fingerprint density at radius 2 is 1.91 bits per heavy atom. The Bertz CT molecular complexity index is 655. The van der Waals surface area contributed by atoms with Crippen LogP contribution in [0.25, 0.3) is 0 Å². The van der Waals surface area contributed by atoms with Crippen molar-refractivity contribution in [3.8, 4) is 0 Å². The van der Waals surface area contributed by atoms with Gasteiger partial charge in [0.2, 0.25) is 15.9 Å². The van der Waals surface area contributed by atoms with Crippen molar-refractivity contribution in [1.82, 2.24) is 9.21 Å². The number of aryl methyl sites for hydroxylation is 1. The smallest absolute Gasteiger partial charge is 0.238 e. The number of rotatable bonds is 4. The number of sulfonamides is 1. The highest BCUT2D eigenvalue weighted by atomic mass is 35.5. The van der Waals surface area contributed by atoms with Crippen molar-refractivity contribution < 1.29 is 13.2 Å². The van der Waals surface area contributed by atoms with E-state index in [0.29, 0.717) is 36.9 Å². The predicted molar refractivity (Wildman–Crippen MR) is 87.7 cm³/mol. The first-order valence-electron chi connectivity index (χ1n) is 6.99. The van der Waals surface area contributed by atoms with E-state index in [9.17, 15) is 13.2 Å². The van der Waals surface area contributed by atoms with E-state index in [1.165, 1.54) is 10.6 Å². The molecule has 0 aromatic heterocycles. The van der Waals surface area contributed by atoms with Crippen LogP contribution >= 0.6 is 11.6 Å². The fourth-order valence-corrected chi connectivity index (χ4v) is 3.34. The van der Waals surface area contributed by atoms with Gasteiger partial charge in [-0.3, -0.25) is 9.69 Å². The van der Waals surface area contributed by atoms with Gasteiger partial charge in [-0.05, 0) is 24.6 Å². The zero-order valence-electron chi connectivity index (χ0n) is 12.7. The van der Waals surface area contributed by atoms with Gasteiger partial charge in [0.15, 0.2) is 0 Å². The number of nitrogens with zero attached hydrogens (tertiary/aromatic N) is 2. The molecule has 1 N–H and O–H groups in total. The van der Waals surface area contributed by atoms with Crippen molar-refractivity contribution in [2.75, 3.05) is 44.3 Å². The van der Waals surface area contributed by atoms with Crippen LogP contribution in [0.4, 0.5) is 5.69 Å². The Morgan fingerprint density at radius 1 is 1.27 bits per heavy atom. The Balaban J connectivity index is 1.87. The summed E-state index contributed by atoms with van der Waals surface area (Å²) in [5, 5.41) is 3.41. The maximum Gasteiger partial charge on any atom is 0.238 e. The standard InChI is InChI=1S/C14H20ClN3O3S/c1-11-3-4-12(15)9-13(11)16-14(19)10-17-5-7-18(8-6-17)22(2,20)21/h3-4,9H,5-8,10H2,1-2H3,(H,16,19). The van der Waals surface area contributed by atoms with Crippen LogP contribution in [0.15, 0.2) is 18.2 Å². The fraction of sp³-hybridized carbons (Fsp3) is 0.500. The SMILES string of the molecule is Cc1ccc(Cl)cc1NC(=O)CN1CCN(S(C)(=O)=O)CC1. The molecule has 0 saturated carbocycles. The minimum atomic E-state index is -3.15. The second-order valence-corrected chi connectivity index (χ2v) is 7.86. The predicted octanol–water partition coefficient (Wildman–Crippen LogP) is 1.16. The van der Waals surface area contributed by atoms with Gasteiger partial charge in [-0.25, -0.2) is 8.42 Å². The molecule has 2 rings (SSSR count). The third-order valence-corrected chi connectivity index (χ3v) is 5.18. The van der Waals surface area contributed by atoms with E-state index in [0.717, 1.165) is 5.56 Å². The monoisotopic (exact) mass is 345 g/mol. The van der Waals surface area contributed by atoms with E-state index < -0.39 is 10.0 Å². The largest absolute Gasteiger partial charge is 0.325 e. The normalized spacial score (nSPS) is 17.4. The molecule has 0 bridgehead atoms. The van der Waals surface area contributed by atoms with Gasteiger partial charge in [0.25, 0.3) is 0 Å². The van der Waals surface area contributed by atoms with Crippen molar-refractivity contribution in [1.29, 1.82) is 0 Å². The van der Waals surface area contributed by atoms with E-state index in [1.54, 1.807) is 12.1 Å². The van der Waals surface area contributed by atoms with E-state index in [2.05, 4.69) is 5.32 Å². The van der Waals surface area contributed by atoms with Gasteiger partial charge in [-0.15, -0.1) is 0 Å². The van der Waals surface area contributed by atoms with Gasteiger partial charge in [0, 0.05) is 36.9 Å². The summed E-state index contributed by atoms with van der Waals surface area (Å²) < 4.78 is 24.3. The van der Waals surface area contributed by atoms with Crippen LogP contribution in [0.3, 0.4) is 0 Å². The van der Waals surface area contributed by atoms with Crippen molar-refractivity contribution in [2.24, 2.45) is 0 Å². The third-order valence-electron chi connectivity index (χ3n) is 3.64. The first kappa shape index (κ1) is 17.2. The molecule has 8 heteroatoms. The molecule has 1 aliphatic rings. The maximum absolute atomic E-state index is 12.1. The summed E-state index contributed by atoms with van der Waals surface area (Å²) in [6, 6.07) is 5.34. The number of amides is 1. The number of hydrogen-bond acceptors (Lipinski definition) is 4. The summed E-state index contributed by atoms with van der Waals surface area (Å²) in [7, 11) is -3.15. The Hall–Kier alpha value is -1.15. The van der Waals surface area contributed by atoms with Gasteiger partial charge in [0.1, 0.15) is 0 Å². The molecular formula is C14H20ClN3O3S. The second kappa shape index (κ2) is 6.95. The van der Waals surface area contributed by atoms with Crippen molar-refractivity contribution >= 4 is 33.2 Å². The molecule has 6 nitrogen and oxygen atoms in total. The zero-order chi connectivity index (χ0) is 16.3. The number of piperazine rings is 1. The Morgan fingerprint density at radius 3 is 2.50 bits per heavy atom. The molecule has 1 saturated heterocycles. The molecule has 122 valence electrons. The van der Waals surface area contributed by atoms with E-state index >= 15 is 0 Å². The van der Waals surface area contributed by atoms with Crippen LogP contribution in [0.5, 0.6) is 0 Å². The van der Waals surface area contributed by atoms with Crippen molar-refractivity contribution in [3.63, 3.8) is 0 Å². The molecule has 1 heterocycles. The molecule has 22 heavy (non-hydrogen) atoms. The van der Waals surface area contributed by atoms with Crippen LogP contribution in [0.1, 0.15) is 5.56 Å². The summed E-state index contributed by atoms with van der Waals surface area (Å²) in [5.74, 6) is -0.127. The van der Waals surface area contributed by atoms with Crippen LogP contribution in [-0.2, 0) is 14.8 Å². The topological polar surface area (TPSA) is 69.7 Å². The number of nitrogens with one attached hydrogen (secondary N) is 1. The number of hydrogen-bond donors (Lipinski definition) is 1. The van der Waals surface area contributed by atoms with Crippen molar-refractivity contribution in [3.05, 3.63) is 28.8 Å². The number of carbonyl (C=O) groups is 1. The van der Waals surface area contributed by atoms with Gasteiger partial charge in [-0.2, -0.15) is 4.31 Å². The summed E-state index contributed by atoms with van der Waals surface area (Å²) in [4.78, 5) is 14.0. The molecule has 0 radical (unpaired) electrons. The van der Waals surface area contributed by atoms with Crippen molar-refractivity contribution in [2.45, 2.75) is 6.92 Å². The first-order valence-corrected chi connectivity index (χ1v) is 9.22. The highest BCUT2D eigenvalue weighted by molar-refractivity contribution is 7.88. The van der Waals surface area contributed by atoms with Crippen LogP contribution in [0.2, 0.25) is 5.02 Å². The lowest BCUT2D eigenvalue weighted by molar-refractivity contribution is -0.117. The zero-order valence-corrected chi connectivity index (χ0v) is 14.2. The maximum atomic E-state index is 12.1. The summed E-state index contributed by atoms with van der Waals surface area (Å²) >= 11 is 5.93. The summed E-state index contributed by atoms with van der Waals surface area (Å²) in [6.07, 6.45) is 1.21. The first-order chi connectivity index (χ1) is 10.3. The van der Waals surface area contributed by atoms with Crippen LogP contribution in [0, 0.1) is 6.92 Å². The lowest BCUT2D eigenvalue weighted by atomic mass is 10.2. The Labute approximate surface area is 136 Å². The number of anilines is 1. The summed E-state index contributed by atoms with van der Waals surface area (Å²) in [6.45, 7) is 4.08. The third kappa shape index (κ3) is 4.67. The minimum absolute atomic E-state index is 0.127. The minimum Gasteiger partial charge on any atom is -0.325 e. The lowest BCUT2D eigenvalue weighted by Gasteiger charge is -2.32. The molecule has 0 spiro atoms. The van der Waals surface area contributed by atoms with Gasteiger partial charge in [-0.1, -0.05) is 17.7 Å². The van der Waals surface area contributed by atoms with Gasteiger partial charge >= 0.3 is 0 Å². The average Bonchev–Trinajstić information content (AvgIpc) is 2.42. The van der Waals surface area contributed by atoms with Gasteiger partial charge in [0.05, 0.1) is 12.8 Å². The molecule has 0 unspecified atom stereocenters. The molecule has 1 aromatic rings. The van der Waals surface area contributed by atoms with Crippen LogP contribution < -0.4 is 5.32 Å². The molecule has 0 atom stereocenters. The highest BCUT2D eigenvalue weighted by Gasteiger charge is 2.24. The molecular weight excluding hydrogens is 326 g/mol. The summed E-state index contributed by atoms with van der Waals surface area (Å²) in [5.41, 5.74) is 1.65. The van der Waals surface area contributed by atoms with E-state index in [1.807, 2.05) is 17.9 Å². The number of halogens is 1. The molecule has 1 fully saturated rings. The second-order valence-electron chi connectivity index (χ2n) is 5.45. The van der Waals surface area contributed by atoms with E-state index in [4.69, 9.17) is 11.6 Å². The number of benzene rings is 1. The molecule has 1 aliphatic heterocycles. The average molecular weight is 346 g/mol. The lowest BCUT2D eigenvalue weighted by Crippen LogP contribution is -2.50. The quantitative estimate of drug-likeness (QED) is 0.889. The molecule has 1 amide bonds. The molecule has 0 aliphatic carbocycles. The highest BCUT2D eigenvalue weighted by Crippen LogP contribution is 2.20. The van der Waals surface area contributed by atoms with Gasteiger partial charge < -0.3 is 5.32 Å². The number of carbonyl (C=O) groups excluding carboxylic acids is 1. The molecule has 1 aromatic carbocycles. The van der Waals surface area contributed by atoms with Crippen LogP contribution in [-0.4, -0.2) is 62.5 Å².